The first-order valence-electron chi connectivity index (χ1n) is 10.3. The molecule has 0 spiro atoms. The van der Waals surface area contributed by atoms with Crippen LogP contribution in [0, 0.1) is 13.8 Å². The van der Waals surface area contributed by atoms with E-state index in [4.69, 9.17) is 20.8 Å². The van der Waals surface area contributed by atoms with Crippen LogP contribution in [-0.4, -0.2) is 32.5 Å². The molecule has 0 amide bonds. The summed E-state index contributed by atoms with van der Waals surface area (Å²) in [7, 11) is 0. The molecule has 1 aromatic carbocycles. The molecule has 0 aliphatic rings. The maximum Gasteiger partial charge on any atom is 0.339 e. The third-order valence-corrected chi connectivity index (χ3v) is 5.66. The monoisotopic (exact) mass is 470 g/mol. The van der Waals surface area contributed by atoms with Crippen molar-refractivity contribution in [1.29, 1.82) is 0 Å². The lowest BCUT2D eigenvalue weighted by Crippen LogP contribution is -2.19. The molecule has 4 rings (SSSR count). The van der Waals surface area contributed by atoms with E-state index in [1.807, 2.05) is 0 Å². The Morgan fingerprint density at radius 3 is 2.06 bits per heavy atom. The number of H-pyrrole nitrogens is 4. The van der Waals surface area contributed by atoms with Crippen LogP contribution in [0.25, 0.3) is 11.3 Å². The van der Waals surface area contributed by atoms with Gasteiger partial charge in [0, 0.05) is 17.0 Å². The number of ether oxygens (including phenoxy) is 1. The summed E-state index contributed by atoms with van der Waals surface area (Å²) in [6.07, 6.45) is -0.293. The number of aromatic amines is 4. The highest BCUT2D eigenvalue weighted by atomic mass is 35.5. The van der Waals surface area contributed by atoms with Gasteiger partial charge >= 0.3 is 5.97 Å². The Bertz CT molecular complexity index is 1380. The lowest BCUT2D eigenvalue weighted by atomic mass is 9.89. The second kappa shape index (κ2) is 8.67. The van der Waals surface area contributed by atoms with Crippen molar-refractivity contribution in [3.8, 4) is 11.3 Å². The van der Waals surface area contributed by atoms with Gasteiger partial charge in [-0.1, -0.05) is 11.6 Å². The van der Waals surface area contributed by atoms with Gasteiger partial charge in [0.25, 0.3) is 11.1 Å². The number of nitrogens with one attached hydrogen (secondary N) is 4. The van der Waals surface area contributed by atoms with E-state index in [1.54, 1.807) is 58.0 Å². The first kappa shape index (κ1) is 22.5. The molecule has 3 heterocycles. The Hall–Kier alpha value is -3.72. The zero-order chi connectivity index (χ0) is 23.9. The minimum Gasteiger partial charge on any atom is -0.460 e. The molecule has 172 valence electrons. The number of aryl methyl sites for hydroxylation is 2. The predicted octanol–water partition coefficient (Wildman–Crippen LogP) is 4.00. The van der Waals surface area contributed by atoms with Gasteiger partial charge in [-0.15, -0.1) is 0 Å². The summed E-state index contributed by atoms with van der Waals surface area (Å²) < 4.78 is 11.4. The van der Waals surface area contributed by atoms with Crippen molar-refractivity contribution in [3.63, 3.8) is 0 Å². The van der Waals surface area contributed by atoms with E-state index in [2.05, 4.69) is 20.4 Å². The molecule has 0 aliphatic carbocycles. The lowest BCUT2D eigenvalue weighted by Gasteiger charge is -2.13. The predicted molar refractivity (Wildman–Crippen MR) is 123 cm³/mol. The van der Waals surface area contributed by atoms with E-state index in [1.165, 1.54) is 0 Å². The summed E-state index contributed by atoms with van der Waals surface area (Å²) in [6, 6.07) is 8.33. The Morgan fingerprint density at radius 2 is 1.55 bits per heavy atom. The van der Waals surface area contributed by atoms with Crippen LogP contribution in [-0.2, 0) is 4.74 Å². The summed E-state index contributed by atoms with van der Waals surface area (Å²) in [6.45, 7) is 6.99. The van der Waals surface area contributed by atoms with Crippen molar-refractivity contribution in [3.05, 3.63) is 89.9 Å². The Morgan fingerprint density at radius 1 is 0.939 bits per heavy atom. The standard InChI is InChI=1S/C23H23ClN4O5/c1-10(2)32-23(31)14-9-13(5-6-15(14)24)16-7-8-17(33-16)20(18-11(3)25-27-21(18)29)19-12(4)26-28-22(19)30/h5-10,20H,1-4H3,(H2,25,27,29)(H2,26,28,30). The van der Waals surface area contributed by atoms with Crippen LogP contribution in [0.5, 0.6) is 0 Å². The zero-order valence-electron chi connectivity index (χ0n) is 18.5. The fourth-order valence-corrected chi connectivity index (χ4v) is 4.01. The number of furan rings is 1. The molecule has 33 heavy (non-hydrogen) atoms. The molecule has 3 aromatic heterocycles. The number of hydrogen-bond donors (Lipinski definition) is 4. The van der Waals surface area contributed by atoms with Crippen molar-refractivity contribution in [1.82, 2.24) is 20.4 Å². The highest BCUT2D eigenvalue weighted by molar-refractivity contribution is 6.33. The Labute approximate surface area is 193 Å². The number of rotatable bonds is 6. The van der Waals surface area contributed by atoms with Gasteiger partial charge in [-0.25, -0.2) is 4.79 Å². The van der Waals surface area contributed by atoms with Crippen LogP contribution in [0.15, 0.2) is 44.3 Å². The van der Waals surface area contributed by atoms with E-state index in [0.717, 1.165) is 0 Å². The topological polar surface area (TPSA) is 137 Å². The van der Waals surface area contributed by atoms with E-state index >= 15 is 0 Å². The average Bonchev–Trinajstić information content (AvgIpc) is 3.45. The number of carbonyl (C=O) groups excluding carboxylic acids is 1. The Kier molecular flexibility index (Phi) is 5.90. The minimum absolute atomic E-state index is 0.216. The molecule has 0 aliphatic heterocycles. The number of benzene rings is 1. The molecule has 0 saturated heterocycles. The van der Waals surface area contributed by atoms with Crippen molar-refractivity contribution in [2.45, 2.75) is 39.7 Å². The van der Waals surface area contributed by atoms with E-state index in [0.29, 0.717) is 39.6 Å². The second-order valence-electron chi connectivity index (χ2n) is 8.02. The SMILES string of the molecule is Cc1[nH][nH]c(=O)c1C(c1ccc(-c2ccc(Cl)c(C(=O)OC(C)C)c2)o1)c1c(C)[nH][nH]c1=O. The van der Waals surface area contributed by atoms with Gasteiger partial charge in [0.15, 0.2) is 0 Å². The molecular formula is C23H23ClN4O5. The molecule has 4 aromatic rings. The molecule has 0 bridgehead atoms. The molecule has 9 nitrogen and oxygen atoms in total. The molecule has 0 atom stereocenters. The van der Waals surface area contributed by atoms with Crippen LogP contribution < -0.4 is 11.1 Å². The van der Waals surface area contributed by atoms with Gasteiger partial charge in [-0.3, -0.25) is 19.8 Å². The van der Waals surface area contributed by atoms with Crippen LogP contribution in [0.4, 0.5) is 0 Å². The lowest BCUT2D eigenvalue weighted by molar-refractivity contribution is 0.0378. The quantitative estimate of drug-likeness (QED) is 0.316. The summed E-state index contributed by atoms with van der Waals surface area (Å²) in [5.74, 6) is -0.445. The van der Waals surface area contributed by atoms with Crippen molar-refractivity contribution in [2.75, 3.05) is 0 Å². The molecule has 0 radical (unpaired) electrons. The van der Waals surface area contributed by atoms with Crippen LogP contribution in [0.1, 0.15) is 58.4 Å². The Balaban J connectivity index is 1.81. The minimum atomic E-state index is -0.749. The van der Waals surface area contributed by atoms with Crippen molar-refractivity contribution < 1.29 is 13.9 Å². The number of aromatic nitrogens is 4. The smallest absolute Gasteiger partial charge is 0.339 e. The van der Waals surface area contributed by atoms with Crippen LogP contribution in [0.3, 0.4) is 0 Å². The number of carbonyl (C=O) groups is 1. The fraction of sp³-hybridized carbons (Fsp3) is 0.261. The largest absolute Gasteiger partial charge is 0.460 e. The molecule has 0 saturated carbocycles. The average molecular weight is 471 g/mol. The molecule has 0 unspecified atom stereocenters. The molecule has 4 N–H and O–H groups in total. The van der Waals surface area contributed by atoms with Gasteiger partial charge in [0.2, 0.25) is 0 Å². The number of esters is 1. The summed E-state index contributed by atoms with van der Waals surface area (Å²) in [5.41, 5.74) is 2.05. The first-order chi connectivity index (χ1) is 15.7. The zero-order valence-corrected chi connectivity index (χ0v) is 19.2. The number of halogens is 1. The summed E-state index contributed by atoms with van der Waals surface area (Å²) >= 11 is 6.21. The maximum absolute atomic E-state index is 12.6. The van der Waals surface area contributed by atoms with E-state index in [-0.39, 0.29) is 27.8 Å². The van der Waals surface area contributed by atoms with Gasteiger partial charge in [0.1, 0.15) is 11.5 Å². The first-order valence-corrected chi connectivity index (χ1v) is 10.7. The number of hydrogen-bond acceptors (Lipinski definition) is 5. The van der Waals surface area contributed by atoms with Gasteiger partial charge < -0.3 is 19.4 Å². The van der Waals surface area contributed by atoms with Crippen molar-refractivity contribution in [2.24, 2.45) is 0 Å². The van der Waals surface area contributed by atoms with Crippen molar-refractivity contribution >= 4 is 17.6 Å². The van der Waals surface area contributed by atoms with Crippen LogP contribution >= 0.6 is 11.6 Å². The van der Waals surface area contributed by atoms with E-state index in [9.17, 15) is 14.4 Å². The molecule has 0 fully saturated rings. The summed E-state index contributed by atoms with van der Waals surface area (Å²) in [5, 5.41) is 11.0. The van der Waals surface area contributed by atoms with E-state index < -0.39 is 11.9 Å². The summed E-state index contributed by atoms with van der Waals surface area (Å²) in [4.78, 5) is 37.6. The van der Waals surface area contributed by atoms with Gasteiger partial charge in [0.05, 0.1) is 33.7 Å². The second-order valence-corrected chi connectivity index (χ2v) is 8.43. The van der Waals surface area contributed by atoms with Gasteiger partial charge in [-0.2, -0.15) is 0 Å². The third kappa shape index (κ3) is 4.19. The third-order valence-electron chi connectivity index (χ3n) is 5.33. The molecule has 10 heteroatoms. The van der Waals surface area contributed by atoms with Gasteiger partial charge in [-0.05, 0) is 58.0 Å². The fourth-order valence-electron chi connectivity index (χ4n) is 3.81. The maximum atomic E-state index is 12.6. The normalized spacial score (nSPS) is 11.5. The highest BCUT2D eigenvalue weighted by Crippen LogP contribution is 2.35. The highest BCUT2D eigenvalue weighted by Gasteiger charge is 2.30. The van der Waals surface area contributed by atoms with Crippen LogP contribution in [0.2, 0.25) is 5.02 Å². The molecular weight excluding hydrogens is 448 g/mol.